The van der Waals surface area contributed by atoms with Crippen molar-refractivity contribution in [3.8, 4) is 34.9 Å². The Morgan fingerprint density at radius 2 is 0.983 bits per heavy atom. The Balaban J connectivity index is 0.000000228. The minimum atomic E-state index is -4.54. The summed E-state index contributed by atoms with van der Waals surface area (Å²) in [6.45, 7) is 16.9. The van der Waals surface area contributed by atoms with Gasteiger partial charge in [0.2, 0.25) is 11.8 Å². The van der Waals surface area contributed by atoms with Crippen LogP contribution in [0.5, 0.6) is 23.3 Å². The maximum atomic E-state index is 13.6. The monoisotopic (exact) mass is 1680 g/mol. The number of carbonyl (C=O) groups excluding carboxylic acids is 3. The van der Waals surface area contributed by atoms with E-state index < -0.39 is 70.7 Å². The Labute approximate surface area is 674 Å². The summed E-state index contributed by atoms with van der Waals surface area (Å²) in [7, 11) is -9.01. The van der Waals surface area contributed by atoms with Crippen molar-refractivity contribution < 1.29 is 81.2 Å². The number of hydrogen-bond donors (Lipinski definition) is 5. The second-order valence-corrected chi connectivity index (χ2v) is 35.5. The number of ether oxygens (including phenoxy) is 5. The lowest BCUT2D eigenvalue weighted by molar-refractivity contribution is -0.190. The standard InChI is InChI=1S/C42H51ClF3N7O7S.C37H43ClF3N7O5S/c1-39(2,3)60-38(55)52-26-29(25-40(52,4)5)13-9-22-47-36-31(59-27-28-11-7-6-8-12-28)15-17-34(49-36)61(56,57)51-37(54)30-14-16-32(48-35(30)43)53-23-18-33(50-53)58-24-10-19-41(20-21-41)42(44,45)46;1-35(2)22-26(23-43-35)10-6-19-42-33-28(53-24-25-8-4-3-5-9-25)12-14-31(45-33)54(50,51)47-34(49)27-11-13-29(44-32(27)38)48-20-15-30(46-48)52-21-7-16-36(17-18-36)37(39,40)41/h6-8,11-12,14-18,23,29H,9-10,13,19-22,24-27H2,1-5H3,(H,47,49)(H,51,54);3-5,8-9,11-15,20,26,43H,6-7,10,16-19,21-24H2,1-2H3,(H,42,45)(H,47,49)/t29-;26-/m00/s1. The molecule has 36 heteroatoms. The Bertz CT molecular complexity index is 4950. The summed E-state index contributed by atoms with van der Waals surface area (Å²) < 4.78 is 168. The van der Waals surface area contributed by atoms with E-state index in [-0.39, 0.29) is 157 Å². The highest BCUT2D eigenvalue weighted by Gasteiger charge is 2.63. The van der Waals surface area contributed by atoms with Crippen LogP contribution in [-0.2, 0) is 38.0 Å². The molecule has 8 aromatic rings. The Hall–Kier alpha value is -9.51. The number of anilines is 2. The molecule has 2 atom stereocenters. The molecule has 5 N–H and O–H groups in total. The number of nitrogens with zero attached hydrogens (tertiary/aromatic N) is 9. The first-order valence-corrected chi connectivity index (χ1v) is 41.6. The van der Waals surface area contributed by atoms with Crippen molar-refractivity contribution in [1.82, 2.24) is 59.2 Å². The third kappa shape index (κ3) is 23.2. The summed E-state index contributed by atoms with van der Waals surface area (Å²) in [5.74, 6) is 0.431. The first-order chi connectivity index (χ1) is 54.3. The van der Waals surface area contributed by atoms with Crippen LogP contribution in [0.3, 0.4) is 0 Å². The van der Waals surface area contributed by atoms with Crippen LogP contribution in [0.25, 0.3) is 11.6 Å². The average molecular weight is 1680 g/mol. The van der Waals surface area contributed by atoms with Gasteiger partial charge >= 0.3 is 18.4 Å². The second kappa shape index (κ2) is 35.9. The number of nitrogens with one attached hydrogen (secondary N) is 5. The minimum Gasteiger partial charge on any atom is -0.485 e. The quantitative estimate of drug-likeness (QED) is 0.0142. The zero-order valence-electron chi connectivity index (χ0n) is 64.7. The lowest BCUT2D eigenvalue weighted by atomic mass is 9.93. The summed E-state index contributed by atoms with van der Waals surface area (Å²) in [4.78, 5) is 58.2. The summed E-state index contributed by atoms with van der Waals surface area (Å²) in [5.41, 5.74) is -2.70. The van der Waals surface area contributed by atoms with Crippen molar-refractivity contribution >= 4 is 72.8 Å². The predicted octanol–water partition coefficient (Wildman–Crippen LogP) is 15.8. The van der Waals surface area contributed by atoms with Gasteiger partial charge in [-0.15, -0.1) is 10.2 Å². The molecule has 620 valence electrons. The van der Waals surface area contributed by atoms with Crippen LogP contribution in [-0.4, -0.2) is 148 Å². The van der Waals surface area contributed by atoms with E-state index in [0.717, 1.165) is 49.8 Å². The van der Waals surface area contributed by atoms with Crippen molar-refractivity contribution in [3.05, 3.63) is 166 Å². The number of rotatable bonds is 34. The SMILES string of the molecule is CC(C)(C)OC(=O)N1C[C@@H](CCCNc2nc(S(=O)(=O)NC(=O)c3ccc(-n4ccc(OCCCC5(C(F)(F)F)CC5)n4)nc3Cl)ccc2OCc2ccccc2)CC1(C)C.CC1(C)C[C@H](CCCNc2nc(S(=O)(=O)NC(=O)c3ccc(-n4ccc(OCCCC5(C(F)(F)F)CC5)n4)nc3Cl)ccc2OCc2ccccc2)CN1. The molecule has 2 saturated heterocycles. The van der Waals surface area contributed by atoms with Crippen LogP contribution in [0.2, 0.25) is 10.3 Å². The van der Waals surface area contributed by atoms with Crippen molar-refractivity contribution in [1.29, 1.82) is 0 Å². The molecule has 0 spiro atoms. The molecule has 2 saturated carbocycles. The molecule has 4 fully saturated rings. The summed E-state index contributed by atoms with van der Waals surface area (Å²) in [6.07, 6.45) is 0.321. The minimum absolute atomic E-state index is 0.00631. The van der Waals surface area contributed by atoms with E-state index in [1.165, 1.54) is 82.4 Å². The fraction of sp³-hybridized carbons (Fsp3) is 0.481. The van der Waals surface area contributed by atoms with Crippen LogP contribution < -0.4 is 44.3 Å². The Morgan fingerprint density at radius 3 is 1.37 bits per heavy atom. The number of likely N-dealkylation sites (tertiary alicyclic amines) is 1. The van der Waals surface area contributed by atoms with Gasteiger partial charge in [0.15, 0.2) is 44.8 Å². The van der Waals surface area contributed by atoms with Crippen molar-refractivity contribution in [3.63, 3.8) is 0 Å². The van der Waals surface area contributed by atoms with Crippen LogP contribution in [0.4, 0.5) is 42.8 Å². The number of alkyl halides is 6. The lowest BCUT2D eigenvalue weighted by Gasteiger charge is -2.33. The molecule has 0 unspecified atom stereocenters. The molecular weight excluding hydrogens is 1590 g/mol. The van der Waals surface area contributed by atoms with Gasteiger partial charge < -0.3 is 44.5 Å². The second-order valence-electron chi connectivity index (χ2n) is 31.5. The first-order valence-electron chi connectivity index (χ1n) is 37.9. The van der Waals surface area contributed by atoms with Gasteiger partial charge in [-0.25, -0.2) is 43.5 Å². The van der Waals surface area contributed by atoms with Crippen molar-refractivity contribution in [2.24, 2.45) is 22.7 Å². The molecule has 2 aromatic carbocycles. The normalized spacial score (nSPS) is 17.3. The lowest BCUT2D eigenvalue weighted by Crippen LogP contribution is -2.45. The van der Waals surface area contributed by atoms with Crippen LogP contribution in [0.1, 0.15) is 170 Å². The number of sulfonamides is 2. The number of amides is 3. The van der Waals surface area contributed by atoms with E-state index in [1.54, 1.807) is 4.90 Å². The first kappa shape index (κ1) is 86.4. The molecule has 8 heterocycles. The molecule has 6 aromatic heterocycles. The Kier molecular flexibility index (Phi) is 27.0. The summed E-state index contributed by atoms with van der Waals surface area (Å²) >= 11 is 12.7. The maximum Gasteiger partial charge on any atom is 0.410 e. The Morgan fingerprint density at radius 1 is 0.548 bits per heavy atom. The number of hydrogen-bond acceptors (Lipinski definition) is 21. The number of aromatic nitrogens is 8. The van der Waals surface area contributed by atoms with Crippen molar-refractivity contribution in [2.75, 3.05) is 50.0 Å². The van der Waals surface area contributed by atoms with Gasteiger partial charge in [-0.3, -0.25) is 9.59 Å². The van der Waals surface area contributed by atoms with E-state index in [9.17, 15) is 57.6 Å². The molecule has 2 aliphatic carbocycles. The fourth-order valence-electron chi connectivity index (χ4n) is 13.8. The van der Waals surface area contributed by atoms with Crippen LogP contribution >= 0.6 is 23.2 Å². The van der Waals surface area contributed by atoms with E-state index in [1.807, 2.05) is 105 Å². The summed E-state index contributed by atoms with van der Waals surface area (Å²) in [6, 6.07) is 32.8. The number of carbonyl (C=O) groups is 3. The highest BCUT2D eigenvalue weighted by atomic mass is 35.5. The number of pyridine rings is 4. The van der Waals surface area contributed by atoms with E-state index in [2.05, 4.69) is 59.9 Å². The molecule has 0 bridgehead atoms. The van der Waals surface area contributed by atoms with Crippen LogP contribution in [0, 0.1) is 22.7 Å². The van der Waals surface area contributed by atoms with E-state index >= 15 is 0 Å². The summed E-state index contributed by atoms with van der Waals surface area (Å²) in [5, 5.41) is 17.0. The fourth-order valence-corrected chi connectivity index (χ4v) is 16.1. The third-order valence-corrected chi connectivity index (χ3v) is 23.4. The zero-order chi connectivity index (χ0) is 82.8. The highest BCUT2D eigenvalue weighted by molar-refractivity contribution is 7.90. The molecule has 4 aliphatic rings. The third-order valence-electron chi connectivity index (χ3n) is 20.3. The van der Waals surface area contributed by atoms with Gasteiger partial charge in [0.05, 0.1) is 35.2 Å². The van der Waals surface area contributed by atoms with Crippen molar-refractivity contribution in [2.45, 2.75) is 191 Å². The van der Waals surface area contributed by atoms with Crippen LogP contribution in [0.15, 0.2) is 144 Å². The molecular formula is C79H94Cl2F6N14O12S2. The van der Waals surface area contributed by atoms with Gasteiger partial charge in [-0.05, 0) is 216 Å². The molecule has 3 amide bonds. The molecule has 26 nitrogen and oxygen atoms in total. The zero-order valence-corrected chi connectivity index (χ0v) is 67.8. The smallest absolute Gasteiger partial charge is 0.410 e. The average Bonchev–Trinajstić information content (AvgIpc) is 1.59. The van der Waals surface area contributed by atoms with E-state index in [0.29, 0.717) is 43.5 Å². The van der Waals surface area contributed by atoms with Gasteiger partial charge in [-0.2, -0.15) is 43.2 Å². The largest absolute Gasteiger partial charge is 0.485 e. The highest BCUT2D eigenvalue weighted by Crippen LogP contribution is 2.61. The van der Waals surface area contributed by atoms with E-state index in [4.69, 9.17) is 46.9 Å². The van der Waals surface area contributed by atoms with Gasteiger partial charge in [0.25, 0.3) is 31.9 Å². The number of halogens is 8. The van der Waals surface area contributed by atoms with Gasteiger partial charge in [0.1, 0.15) is 29.1 Å². The molecule has 115 heavy (non-hydrogen) atoms. The van der Waals surface area contributed by atoms with Gasteiger partial charge in [0, 0.05) is 55.2 Å². The molecule has 12 rings (SSSR count). The molecule has 2 aliphatic heterocycles. The van der Waals surface area contributed by atoms with Gasteiger partial charge in [-0.1, -0.05) is 83.9 Å². The maximum absolute atomic E-state index is 13.6. The molecule has 0 radical (unpaired) electrons. The number of benzene rings is 2. The topological polar surface area (TPSA) is 316 Å². The predicted molar refractivity (Wildman–Crippen MR) is 418 cm³/mol.